The summed E-state index contributed by atoms with van der Waals surface area (Å²) in [5.41, 5.74) is 0. The molecular formula is C18H38O4S. The zero-order valence-electron chi connectivity index (χ0n) is 15.2. The molecule has 0 radical (unpaired) electrons. The third-order valence-electron chi connectivity index (χ3n) is 4.58. The third kappa shape index (κ3) is 14.0. The van der Waals surface area contributed by atoms with Crippen LogP contribution in [0.1, 0.15) is 104 Å². The smallest absolute Gasteiger partial charge is 0.267 e. The summed E-state index contributed by atoms with van der Waals surface area (Å²) < 4.78 is 31.2. The summed E-state index contributed by atoms with van der Waals surface area (Å²) >= 11 is 0. The number of rotatable bonds is 16. The second kappa shape index (κ2) is 14.2. The molecule has 0 amide bonds. The van der Waals surface area contributed by atoms with Crippen molar-refractivity contribution in [3.63, 3.8) is 0 Å². The predicted octanol–water partition coefficient (Wildman–Crippen LogP) is 5.10. The van der Waals surface area contributed by atoms with E-state index >= 15 is 0 Å². The van der Waals surface area contributed by atoms with E-state index in [1.807, 2.05) is 0 Å². The fraction of sp³-hybridized carbons (Fsp3) is 1.00. The van der Waals surface area contributed by atoms with Gasteiger partial charge >= 0.3 is 0 Å². The van der Waals surface area contributed by atoms with Crippen LogP contribution in [-0.2, 0) is 10.1 Å². The van der Waals surface area contributed by atoms with Gasteiger partial charge in [0.1, 0.15) is 0 Å². The van der Waals surface area contributed by atoms with Crippen molar-refractivity contribution in [3.05, 3.63) is 0 Å². The van der Waals surface area contributed by atoms with E-state index in [-0.39, 0.29) is 6.10 Å². The highest BCUT2D eigenvalue weighted by Gasteiger charge is 2.20. The topological polar surface area (TPSA) is 74.6 Å². The minimum Gasteiger partial charge on any atom is -0.393 e. The van der Waals surface area contributed by atoms with Crippen LogP contribution in [-0.4, -0.2) is 29.4 Å². The van der Waals surface area contributed by atoms with Crippen molar-refractivity contribution in [1.29, 1.82) is 0 Å². The highest BCUT2D eigenvalue weighted by Crippen LogP contribution is 2.16. The van der Waals surface area contributed by atoms with E-state index in [1.54, 1.807) is 6.92 Å². The maximum Gasteiger partial charge on any atom is 0.267 e. The van der Waals surface area contributed by atoms with E-state index in [4.69, 9.17) is 4.55 Å². The van der Waals surface area contributed by atoms with E-state index in [0.717, 1.165) is 32.1 Å². The molecule has 23 heavy (non-hydrogen) atoms. The molecule has 0 saturated carbocycles. The Morgan fingerprint density at radius 2 is 1.17 bits per heavy atom. The third-order valence-corrected chi connectivity index (χ3v) is 5.99. The van der Waals surface area contributed by atoms with Gasteiger partial charge in [0.25, 0.3) is 10.1 Å². The molecule has 4 nitrogen and oxygen atoms in total. The Balaban J connectivity index is 3.48. The SMILES string of the molecule is CCCCCCCCCCC(O)CCCCC(CC)S(=O)(=O)O. The van der Waals surface area contributed by atoms with Gasteiger partial charge in [-0.05, 0) is 25.7 Å². The number of aliphatic hydroxyl groups excluding tert-OH is 1. The standard InChI is InChI=1S/C18H38O4S/c1-3-5-6-7-8-9-10-11-14-17(19)15-12-13-16-18(4-2)23(20,21)22/h17-19H,3-16H2,1-2H3,(H,20,21,22). The largest absolute Gasteiger partial charge is 0.393 e. The van der Waals surface area contributed by atoms with Crippen LogP contribution in [0.5, 0.6) is 0 Å². The summed E-state index contributed by atoms with van der Waals surface area (Å²) in [7, 11) is -3.91. The van der Waals surface area contributed by atoms with E-state index in [0.29, 0.717) is 12.8 Å². The lowest BCUT2D eigenvalue weighted by Gasteiger charge is -2.13. The number of hydrogen-bond donors (Lipinski definition) is 2. The van der Waals surface area contributed by atoms with Crippen LogP contribution in [0.25, 0.3) is 0 Å². The first-order valence-corrected chi connectivity index (χ1v) is 11.1. The van der Waals surface area contributed by atoms with Gasteiger partial charge in [0.2, 0.25) is 0 Å². The van der Waals surface area contributed by atoms with Crippen molar-refractivity contribution in [3.8, 4) is 0 Å². The minimum atomic E-state index is -3.91. The van der Waals surface area contributed by atoms with Gasteiger partial charge in [-0.2, -0.15) is 8.42 Å². The summed E-state index contributed by atoms with van der Waals surface area (Å²) in [4.78, 5) is 0. The molecule has 0 spiro atoms. The first kappa shape index (κ1) is 22.9. The van der Waals surface area contributed by atoms with Crippen molar-refractivity contribution in [2.45, 2.75) is 115 Å². The van der Waals surface area contributed by atoms with Gasteiger partial charge in [0.15, 0.2) is 0 Å². The molecule has 0 bridgehead atoms. The Morgan fingerprint density at radius 1 is 0.739 bits per heavy atom. The highest BCUT2D eigenvalue weighted by molar-refractivity contribution is 7.86. The van der Waals surface area contributed by atoms with Crippen molar-refractivity contribution < 1.29 is 18.1 Å². The molecule has 2 atom stereocenters. The van der Waals surface area contributed by atoms with Crippen LogP contribution < -0.4 is 0 Å². The molecule has 0 rings (SSSR count). The van der Waals surface area contributed by atoms with Gasteiger partial charge in [-0.15, -0.1) is 0 Å². The first-order chi connectivity index (χ1) is 10.9. The van der Waals surface area contributed by atoms with E-state index in [2.05, 4.69) is 6.92 Å². The fourth-order valence-electron chi connectivity index (χ4n) is 2.97. The molecule has 0 saturated heterocycles. The highest BCUT2D eigenvalue weighted by atomic mass is 32.2. The maximum absolute atomic E-state index is 11.1. The minimum absolute atomic E-state index is 0.263. The quantitative estimate of drug-likeness (QED) is 0.300. The predicted molar refractivity (Wildman–Crippen MR) is 97.3 cm³/mol. The normalized spacial score (nSPS) is 14.8. The van der Waals surface area contributed by atoms with Gasteiger partial charge < -0.3 is 5.11 Å². The summed E-state index contributed by atoms with van der Waals surface area (Å²) in [6.07, 6.45) is 14.0. The Hall–Kier alpha value is -0.130. The lowest BCUT2D eigenvalue weighted by molar-refractivity contribution is 0.147. The zero-order chi connectivity index (χ0) is 17.6. The van der Waals surface area contributed by atoms with Crippen LogP contribution in [0, 0.1) is 0 Å². The monoisotopic (exact) mass is 350 g/mol. The van der Waals surface area contributed by atoms with Gasteiger partial charge in [-0.1, -0.05) is 78.1 Å². The number of unbranched alkanes of at least 4 members (excludes halogenated alkanes) is 8. The number of aliphatic hydroxyl groups is 1. The second-order valence-corrected chi connectivity index (χ2v) is 8.44. The molecule has 2 N–H and O–H groups in total. The van der Waals surface area contributed by atoms with Crippen molar-refractivity contribution in [2.24, 2.45) is 0 Å². The Bertz CT molecular complexity index is 354. The van der Waals surface area contributed by atoms with E-state index in [1.165, 1.54) is 44.9 Å². The van der Waals surface area contributed by atoms with Crippen LogP contribution in [0.15, 0.2) is 0 Å². The Kier molecular flexibility index (Phi) is 14.2. The lowest BCUT2D eigenvalue weighted by atomic mass is 10.0. The van der Waals surface area contributed by atoms with Gasteiger partial charge in [0.05, 0.1) is 11.4 Å². The first-order valence-electron chi connectivity index (χ1n) is 9.56. The molecule has 0 aromatic carbocycles. The molecule has 0 aliphatic heterocycles. The molecule has 0 heterocycles. The molecule has 0 aromatic heterocycles. The van der Waals surface area contributed by atoms with Crippen LogP contribution in [0.4, 0.5) is 0 Å². The molecule has 0 aliphatic rings. The molecule has 2 unspecified atom stereocenters. The van der Waals surface area contributed by atoms with Gasteiger partial charge in [0, 0.05) is 0 Å². The molecule has 5 heteroatoms. The van der Waals surface area contributed by atoms with Crippen molar-refractivity contribution in [2.75, 3.05) is 0 Å². The average molecular weight is 351 g/mol. The summed E-state index contributed by atoms with van der Waals surface area (Å²) in [6, 6.07) is 0. The van der Waals surface area contributed by atoms with Crippen LogP contribution in [0.2, 0.25) is 0 Å². The van der Waals surface area contributed by atoms with Crippen molar-refractivity contribution >= 4 is 10.1 Å². The lowest BCUT2D eigenvalue weighted by Crippen LogP contribution is -2.19. The van der Waals surface area contributed by atoms with Gasteiger partial charge in [-0.25, -0.2) is 0 Å². The van der Waals surface area contributed by atoms with E-state index in [9.17, 15) is 13.5 Å². The van der Waals surface area contributed by atoms with E-state index < -0.39 is 15.4 Å². The van der Waals surface area contributed by atoms with Crippen molar-refractivity contribution in [1.82, 2.24) is 0 Å². The summed E-state index contributed by atoms with van der Waals surface area (Å²) in [6.45, 7) is 4.00. The number of hydrogen-bond acceptors (Lipinski definition) is 3. The molecule has 0 aromatic rings. The van der Waals surface area contributed by atoms with Gasteiger partial charge in [-0.3, -0.25) is 4.55 Å². The second-order valence-electron chi connectivity index (χ2n) is 6.75. The van der Waals surface area contributed by atoms with Crippen LogP contribution >= 0.6 is 0 Å². The molecule has 0 aliphatic carbocycles. The molecular weight excluding hydrogens is 312 g/mol. The maximum atomic E-state index is 11.1. The Labute approximate surface area is 143 Å². The summed E-state index contributed by atoms with van der Waals surface area (Å²) in [5.74, 6) is 0. The summed E-state index contributed by atoms with van der Waals surface area (Å²) in [5, 5.41) is 9.29. The molecule has 0 fully saturated rings. The molecule has 140 valence electrons. The zero-order valence-corrected chi connectivity index (χ0v) is 16.0. The Morgan fingerprint density at radius 3 is 1.65 bits per heavy atom. The fourth-order valence-corrected chi connectivity index (χ4v) is 3.86. The average Bonchev–Trinajstić information content (AvgIpc) is 2.48. The van der Waals surface area contributed by atoms with Crippen LogP contribution in [0.3, 0.4) is 0 Å².